The van der Waals surface area contributed by atoms with Crippen LogP contribution in [0.15, 0.2) is 18.2 Å². The molecule has 1 heterocycles. The smallest absolute Gasteiger partial charge is 0.234 e. The number of hydrogen-bond acceptors (Lipinski definition) is 4. The first kappa shape index (κ1) is 13.8. The summed E-state index contributed by atoms with van der Waals surface area (Å²) in [4.78, 5) is 11.2. The molecule has 1 saturated heterocycles. The molecule has 2 rings (SSSR count). The first-order chi connectivity index (χ1) is 9.19. The van der Waals surface area contributed by atoms with Gasteiger partial charge in [0, 0.05) is 18.5 Å². The monoisotopic (exact) mass is 264 g/mol. The van der Waals surface area contributed by atoms with Crippen molar-refractivity contribution in [1.82, 2.24) is 5.32 Å². The molecule has 3 N–H and O–H groups in total. The summed E-state index contributed by atoms with van der Waals surface area (Å²) in [5, 5.41) is 2.76. The molecule has 0 aliphatic carbocycles. The second kappa shape index (κ2) is 6.54. The van der Waals surface area contributed by atoms with E-state index in [1.54, 1.807) is 0 Å². The lowest BCUT2D eigenvalue weighted by Crippen LogP contribution is -2.30. The van der Waals surface area contributed by atoms with Gasteiger partial charge in [-0.25, -0.2) is 0 Å². The van der Waals surface area contributed by atoms with Crippen LogP contribution in [0.2, 0.25) is 0 Å². The van der Waals surface area contributed by atoms with Crippen LogP contribution in [0.1, 0.15) is 17.5 Å². The molecule has 1 aromatic rings. The van der Waals surface area contributed by atoms with Crippen LogP contribution in [0.5, 0.6) is 5.75 Å². The van der Waals surface area contributed by atoms with Gasteiger partial charge in [0.25, 0.3) is 0 Å². The van der Waals surface area contributed by atoms with Crippen molar-refractivity contribution in [1.29, 1.82) is 0 Å². The van der Waals surface area contributed by atoms with Gasteiger partial charge in [0.2, 0.25) is 5.91 Å². The van der Waals surface area contributed by atoms with E-state index in [0.717, 1.165) is 29.9 Å². The van der Waals surface area contributed by atoms with Crippen LogP contribution in [0.4, 0.5) is 0 Å². The van der Waals surface area contributed by atoms with Gasteiger partial charge in [0.05, 0.1) is 19.8 Å². The van der Waals surface area contributed by atoms with Gasteiger partial charge in [0.15, 0.2) is 0 Å². The fraction of sp³-hybridized carbons (Fsp3) is 0.500. The van der Waals surface area contributed by atoms with Crippen LogP contribution in [-0.4, -0.2) is 31.8 Å². The molecule has 0 saturated carbocycles. The molecule has 0 aromatic heterocycles. The molecule has 1 atom stereocenters. The minimum absolute atomic E-state index is 0.00147. The van der Waals surface area contributed by atoms with Crippen molar-refractivity contribution in [2.24, 2.45) is 5.73 Å². The lowest BCUT2D eigenvalue weighted by atomic mass is 10.1. The van der Waals surface area contributed by atoms with Gasteiger partial charge in [-0.1, -0.05) is 12.1 Å². The Morgan fingerprint density at radius 2 is 2.42 bits per heavy atom. The Kier molecular flexibility index (Phi) is 4.76. The Morgan fingerprint density at radius 3 is 3.11 bits per heavy atom. The van der Waals surface area contributed by atoms with Gasteiger partial charge in [-0.3, -0.25) is 4.79 Å². The van der Waals surface area contributed by atoms with Crippen LogP contribution in [0, 0.1) is 6.92 Å². The number of hydrogen-bond donors (Lipinski definition) is 2. The van der Waals surface area contributed by atoms with Gasteiger partial charge >= 0.3 is 0 Å². The van der Waals surface area contributed by atoms with Gasteiger partial charge < -0.3 is 20.5 Å². The largest absolute Gasteiger partial charge is 0.488 e. The van der Waals surface area contributed by atoms with Crippen molar-refractivity contribution in [3.63, 3.8) is 0 Å². The number of carbonyl (C=O) groups is 1. The minimum Gasteiger partial charge on any atom is -0.488 e. The molecule has 5 heteroatoms. The minimum atomic E-state index is -0.171. The molecule has 0 bridgehead atoms. The molecule has 1 amide bonds. The Bertz CT molecular complexity index is 442. The summed E-state index contributed by atoms with van der Waals surface area (Å²) in [7, 11) is 0. The molecular weight excluding hydrogens is 244 g/mol. The van der Waals surface area contributed by atoms with E-state index in [0.29, 0.717) is 13.2 Å². The molecule has 1 aromatic carbocycles. The zero-order valence-corrected chi connectivity index (χ0v) is 11.1. The van der Waals surface area contributed by atoms with Crippen molar-refractivity contribution >= 4 is 5.91 Å². The highest BCUT2D eigenvalue weighted by atomic mass is 16.5. The molecule has 0 spiro atoms. The topological polar surface area (TPSA) is 73.6 Å². The highest BCUT2D eigenvalue weighted by Gasteiger charge is 2.18. The summed E-state index contributed by atoms with van der Waals surface area (Å²) in [5.41, 5.74) is 7.36. The quantitative estimate of drug-likeness (QED) is 0.822. The van der Waals surface area contributed by atoms with Gasteiger partial charge in [-0.15, -0.1) is 0 Å². The van der Waals surface area contributed by atoms with Gasteiger partial charge in [-0.05, 0) is 18.6 Å². The van der Waals surface area contributed by atoms with Crippen LogP contribution in [-0.2, 0) is 16.1 Å². The third kappa shape index (κ3) is 3.94. The number of benzene rings is 1. The average molecular weight is 264 g/mol. The van der Waals surface area contributed by atoms with Crippen molar-refractivity contribution < 1.29 is 14.3 Å². The number of amides is 1. The molecule has 104 valence electrons. The Labute approximate surface area is 113 Å². The van der Waals surface area contributed by atoms with E-state index >= 15 is 0 Å². The van der Waals surface area contributed by atoms with Crippen molar-refractivity contribution in [2.45, 2.75) is 26.0 Å². The third-order valence-corrected chi connectivity index (χ3v) is 3.07. The SMILES string of the molecule is Cc1ccc(CNC(=O)CN)c(OC2CCOC2)c1. The van der Waals surface area contributed by atoms with Crippen LogP contribution in [0.25, 0.3) is 0 Å². The Morgan fingerprint density at radius 1 is 1.58 bits per heavy atom. The maximum atomic E-state index is 11.2. The van der Waals surface area contributed by atoms with E-state index in [4.69, 9.17) is 15.2 Å². The molecule has 0 radical (unpaired) electrons. The first-order valence-corrected chi connectivity index (χ1v) is 6.49. The van der Waals surface area contributed by atoms with E-state index in [1.165, 1.54) is 0 Å². The summed E-state index contributed by atoms with van der Waals surface area (Å²) in [6.07, 6.45) is 1.01. The highest BCUT2D eigenvalue weighted by molar-refractivity contribution is 5.77. The van der Waals surface area contributed by atoms with Crippen molar-refractivity contribution in [2.75, 3.05) is 19.8 Å². The normalized spacial score (nSPS) is 18.3. The van der Waals surface area contributed by atoms with Crippen LogP contribution in [0.3, 0.4) is 0 Å². The predicted molar refractivity (Wildman–Crippen MR) is 71.9 cm³/mol. The summed E-state index contributed by atoms with van der Waals surface area (Å²) >= 11 is 0. The van der Waals surface area contributed by atoms with Crippen molar-refractivity contribution in [3.05, 3.63) is 29.3 Å². The maximum absolute atomic E-state index is 11.2. The van der Waals surface area contributed by atoms with Gasteiger partial charge in [-0.2, -0.15) is 0 Å². The standard InChI is InChI=1S/C14H20N2O3/c1-10-2-3-11(8-16-14(17)7-15)13(6-10)19-12-4-5-18-9-12/h2-3,6,12H,4-5,7-9,15H2,1H3,(H,16,17). The van der Waals surface area contributed by atoms with Crippen LogP contribution < -0.4 is 15.8 Å². The van der Waals surface area contributed by atoms with E-state index < -0.39 is 0 Å². The summed E-state index contributed by atoms with van der Waals surface area (Å²) in [5.74, 6) is 0.642. The lowest BCUT2D eigenvalue weighted by molar-refractivity contribution is -0.119. The Hall–Kier alpha value is -1.59. The lowest BCUT2D eigenvalue weighted by Gasteiger charge is -2.16. The zero-order valence-electron chi connectivity index (χ0n) is 11.1. The fourth-order valence-corrected chi connectivity index (χ4v) is 1.97. The van der Waals surface area contributed by atoms with E-state index in [-0.39, 0.29) is 18.6 Å². The first-order valence-electron chi connectivity index (χ1n) is 6.49. The number of ether oxygens (including phenoxy) is 2. The summed E-state index contributed by atoms with van der Waals surface area (Å²) < 4.78 is 11.2. The summed E-state index contributed by atoms with van der Waals surface area (Å²) in [6.45, 7) is 3.82. The van der Waals surface area contributed by atoms with Crippen molar-refractivity contribution in [3.8, 4) is 5.75 Å². The van der Waals surface area contributed by atoms with E-state index in [2.05, 4.69) is 5.32 Å². The molecule has 5 nitrogen and oxygen atoms in total. The second-order valence-electron chi connectivity index (χ2n) is 4.70. The predicted octanol–water partition coefficient (Wildman–Crippen LogP) is 0.738. The van der Waals surface area contributed by atoms with E-state index in [1.807, 2.05) is 25.1 Å². The fourth-order valence-electron chi connectivity index (χ4n) is 1.97. The van der Waals surface area contributed by atoms with Crippen LogP contribution >= 0.6 is 0 Å². The molecule has 1 aliphatic heterocycles. The second-order valence-corrected chi connectivity index (χ2v) is 4.70. The third-order valence-electron chi connectivity index (χ3n) is 3.07. The number of nitrogens with one attached hydrogen (secondary N) is 1. The number of aryl methyl sites for hydroxylation is 1. The molecular formula is C14H20N2O3. The molecule has 1 aliphatic rings. The number of rotatable bonds is 5. The van der Waals surface area contributed by atoms with E-state index in [9.17, 15) is 4.79 Å². The molecule has 19 heavy (non-hydrogen) atoms. The molecule has 1 fully saturated rings. The molecule has 1 unspecified atom stereocenters. The number of carbonyl (C=O) groups excluding carboxylic acids is 1. The number of nitrogens with two attached hydrogens (primary N) is 1. The average Bonchev–Trinajstić information content (AvgIpc) is 2.90. The Balaban J connectivity index is 2.05. The summed E-state index contributed by atoms with van der Waals surface area (Å²) in [6, 6.07) is 5.96. The van der Waals surface area contributed by atoms with Gasteiger partial charge in [0.1, 0.15) is 11.9 Å². The maximum Gasteiger partial charge on any atom is 0.234 e. The highest BCUT2D eigenvalue weighted by Crippen LogP contribution is 2.23. The zero-order chi connectivity index (χ0) is 13.7.